The predicted octanol–water partition coefficient (Wildman–Crippen LogP) is 3.37. The molecule has 1 aromatic heterocycles. The molecule has 0 bridgehead atoms. The number of thiazole rings is 1. The molecule has 0 radical (unpaired) electrons. The van der Waals surface area contributed by atoms with E-state index in [1.165, 1.54) is 16.2 Å². The number of urea groups is 1. The Kier molecular flexibility index (Phi) is 4.71. The Hall–Kier alpha value is -3.26. The molecule has 2 aliphatic rings. The van der Waals surface area contributed by atoms with Crippen molar-refractivity contribution in [1.82, 2.24) is 14.8 Å². The average Bonchev–Trinajstić information content (AvgIpc) is 3.37. The van der Waals surface area contributed by atoms with Crippen molar-refractivity contribution >= 4 is 45.1 Å². The smallest absolute Gasteiger partial charge is 0.332 e. The van der Waals surface area contributed by atoms with Crippen LogP contribution >= 0.6 is 11.3 Å². The molecule has 0 unspecified atom stereocenters. The quantitative estimate of drug-likeness (QED) is 0.609. The van der Waals surface area contributed by atoms with Gasteiger partial charge in [-0.2, -0.15) is 0 Å². The van der Waals surface area contributed by atoms with Gasteiger partial charge in [0.15, 0.2) is 0 Å². The molecule has 2 saturated heterocycles. The molecule has 8 heteroatoms. The highest BCUT2D eigenvalue weighted by Crippen LogP contribution is 2.27. The molecule has 7 nitrogen and oxygen atoms in total. The van der Waals surface area contributed by atoms with E-state index in [-0.39, 0.29) is 30.4 Å². The Morgan fingerprint density at radius 2 is 1.80 bits per heavy atom. The largest absolute Gasteiger partial charge is 0.338 e. The molecule has 5 rings (SSSR count). The first-order chi connectivity index (χ1) is 14.6. The molecule has 152 valence electrons. The van der Waals surface area contributed by atoms with Gasteiger partial charge in [0, 0.05) is 24.7 Å². The first-order valence-electron chi connectivity index (χ1n) is 9.93. The number of likely N-dealkylation sites (tertiary alicyclic amines) is 1. The van der Waals surface area contributed by atoms with Gasteiger partial charge in [-0.25, -0.2) is 14.7 Å². The van der Waals surface area contributed by atoms with Gasteiger partial charge in [-0.1, -0.05) is 18.2 Å². The molecule has 2 aliphatic heterocycles. The van der Waals surface area contributed by atoms with Crippen molar-refractivity contribution in [3.63, 3.8) is 0 Å². The van der Waals surface area contributed by atoms with Crippen LogP contribution in [0.1, 0.15) is 23.2 Å². The second kappa shape index (κ2) is 7.53. The van der Waals surface area contributed by atoms with Crippen molar-refractivity contribution in [3.8, 4) is 0 Å². The lowest BCUT2D eigenvalue weighted by Gasteiger charge is -2.36. The Morgan fingerprint density at radius 3 is 2.57 bits per heavy atom. The first-order valence-corrected chi connectivity index (χ1v) is 10.8. The number of anilines is 1. The molecular formula is C22H20N4O3S. The molecule has 0 N–H and O–H groups in total. The maximum atomic E-state index is 12.9. The topological polar surface area (TPSA) is 73.8 Å². The van der Waals surface area contributed by atoms with Crippen LogP contribution in [0.25, 0.3) is 10.2 Å². The summed E-state index contributed by atoms with van der Waals surface area (Å²) in [5.74, 6) is -0.207. The fourth-order valence-electron chi connectivity index (χ4n) is 4.19. The zero-order valence-electron chi connectivity index (χ0n) is 16.2. The van der Waals surface area contributed by atoms with Gasteiger partial charge in [-0.05, 0) is 43.2 Å². The average molecular weight is 420 g/mol. The fourth-order valence-corrected chi connectivity index (χ4v) is 4.90. The van der Waals surface area contributed by atoms with Crippen LogP contribution in [0.2, 0.25) is 0 Å². The first kappa shape index (κ1) is 18.7. The van der Waals surface area contributed by atoms with Gasteiger partial charge >= 0.3 is 6.03 Å². The number of imide groups is 1. The van der Waals surface area contributed by atoms with Crippen LogP contribution in [-0.4, -0.2) is 58.3 Å². The van der Waals surface area contributed by atoms with Gasteiger partial charge in [-0.15, -0.1) is 11.3 Å². The van der Waals surface area contributed by atoms with Crippen LogP contribution in [0.5, 0.6) is 0 Å². The molecule has 0 saturated carbocycles. The van der Waals surface area contributed by atoms with Crippen LogP contribution in [0.15, 0.2) is 54.0 Å². The molecule has 30 heavy (non-hydrogen) atoms. The third-order valence-corrected chi connectivity index (χ3v) is 6.57. The Balaban J connectivity index is 1.25. The number of benzene rings is 2. The number of fused-ring (bicyclic) bond motifs is 1. The summed E-state index contributed by atoms with van der Waals surface area (Å²) in [6.07, 6.45) is 1.33. The number of hydrogen-bond donors (Lipinski definition) is 0. The van der Waals surface area contributed by atoms with Crippen LogP contribution in [0.3, 0.4) is 0 Å². The molecular weight excluding hydrogens is 400 g/mol. The lowest BCUT2D eigenvalue weighted by Crippen LogP contribution is -2.48. The summed E-state index contributed by atoms with van der Waals surface area (Å²) in [6.45, 7) is 1.22. The normalized spacial score (nSPS) is 17.9. The highest BCUT2D eigenvalue weighted by atomic mass is 32.1. The summed E-state index contributed by atoms with van der Waals surface area (Å²) < 4.78 is 0.998. The van der Waals surface area contributed by atoms with E-state index in [1.807, 2.05) is 41.3 Å². The van der Waals surface area contributed by atoms with Crippen molar-refractivity contribution in [2.75, 3.05) is 24.5 Å². The number of piperidine rings is 1. The second-order valence-electron chi connectivity index (χ2n) is 7.53. The van der Waals surface area contributed by atoms with Crippen LogP contribution in [-0.2, 0) is 4.79 Å². The maximum Gasteiger partial charge on any atom is 0.332 e. The zero-order chi connectivity index (χ0) is 20.7. The molecule has 2 aromatic carbocycles. The molecule has 0 aliphatic carbocycles. The number of carbonyl (C=O) groups is 3. The minimum absolute atomic E-state index is 0.00140. The minimum atomic E-state index is -0.272. The van der Waals surface area contributed by atoms with Crippen molar-refractivity contribution in [2.24, 2.45) is 0 Å². The minimum Gasteiger partial charge on any atom is -0.338 e. The predicted molar refractivity (Wildman–Crippen MR) is 115 cm³/mol. The number of rotatable bonds is 3. The maximum absolute atomic E-state index is 12.9. The lowest BCUT2D eigenvalue weighted by molar-refractivity contribution is -0.116. The van der Waals surface area contributed by atoms with E-state index in [1.54, 1.807) is 22.5 Å². The summed E-state index contributed by atoms with van der Waals surface area (Å²) in [4.78, 5) is 47.3. The van der Waals surface area contributed by atoms with E-state index in [0.717, 1.165) is 10.2 Å². The highest BCUT2D eigenvalue weighted by molar-refractivity contribution is 7.16. The summed E-state index contributed by atoms with van der Waals surface area (Å²) in [6, 6.07) is 14.3. The van der Waals surface area contributed by atoms with Crippen LogP contribution in [0.4, 0.5) is 10.5 Å². The Bertz CT molecular complexity index is 1120. The highest BCUT2D eigenvalue weighted by Gasteiger charge is 2.41. The van der Waals surface area contributed by atoms with Crippen molar-refractivity contribution < 1.29 is 14.4 Å². The van der Waals surface area contributed by atoms with Gasteiger partial charge in [0.1, 0.15) is 6.54 Å². The van der Waals surface area contributed by atoms with Crippen molar-refractivity contribution in [1.29, 1.82) is 0 Å². The summed E-state index contributed by atoms with van der Waals surface area (Å²) >= 11 is 1.52. The summed E-state index contributed by atoms with van der Waals surface area (Å²) in [7, 11) is 0. The van der Waals surface area contributed by atoms with Gasteiger partial charge in [0.05, 0.1) is 21.4 Å². The number of aromatic nitrogens is 1. The Labute approximate surface area is 177 Å². The third kappa shape index (κ3) is 3.23. The molecule has 3 heterocycles. The van der Waals surface area contributed by atoms with Gasteiger partial charge in [0.25, 0.3) is 11.8 Å². The zero-order valence-corrected chi connectivity index (χ0v) is 17.0. The van der Waals surface area contributed by atoms with Crippen LogP contribution in [0, 0.1) is 0 Å². The molecule has 0 atom stereocenters. The SMILES string of the molecule is O=C(c1ccc2ncsc2c1)N1CCC(N2CC(=O)N(c3ccccc3)C2=O)CC1. The van der Waals surface area contributed by atoms with E-state index < -0.39 is 0 Å². The number of para-hydroxylation sites is 1. The van der Waals surface area contributed by atoms with Crippen molar-refractivity contribution in [2.45, 2.75) is 18.9 Å². The van der Waals surface area contributed by atoms with E-state index in [2.05, 4.69) is 4.98 Å². The second-order valence-corrected chi connectivity index (χ2v) is 8.42. The number of amides is 4. The van der Waals surface area contributed by atoms with Gasteiger partial charge in [-0.3, -0.25) is 9.59 Å². The number of carbonyl (C=O) groups excluding carboxylic acids is 3. The molecule has 3 aromatic rings. The molecule has 0 spiro atoms. The van der Waals surface area contributed by atoms with Gasteiger partial charge in [0.2, 0.25) is 0 Å². The number of nitrogens with zero attached hydrogens (tertiary/aromatic N) is 4. The van der Waals surface area contributed by atoms with E-state index in [4.69, 9.17) is 0 Å². The molecule has 2 fully saturated rings. The summed E-state index contributed by atoms with van der Waals surface area (Å²) in [5, 5.41) is 0. The monoisotopic (exact) mass is 420 g/mol. The third-order valence-electron chi connectivity index (χ3n) is 5.78. The van der Waals surface area contributed by atoms with E-state index >= 15 is 0 Å². The standard InChI is InChI=1S/C22H20N4O3S/c27-20-13-25(22(29)26(20)17-4-2-1-3-5-17)16-8-10-24(11-9-16)21(28)15-6-7-18-19(12-15)30-14-23-18/h1-7,12,14,16H,8-11,13H2. The van der Waals surface area contributed by atoms with Crippen molar-refractivity contribution in [3.05, 3.63) is 59.6 Å². The summed E-state index contributed by atoms with van der Waals surface area (Å²) in [5.41, 5.74) is 3.93. The lowest BCUT2D eigenvalue weighted by atomic mass is 10.0. The van der Waals surface area contributed by atoms with Crippen LogP contribution < -0.4 is 4.90 Å². The Morgan fingerprint density at radius 1 is 1.03 bits per heavy atom. The fraction of sp³-hybridized carbons (Fsp3) is 0.273. The number of hydrogen-bond acceptors (Lipinski definition) is 5. The van der Waals surface area contributed by atoms with Gasteiger partial charge < -0.3 is 9.80 Å². The van der Waals surface area contributed by atoms with E-state index in [0.29, 0.717) is 37.2 Å². The van der Waals surface area contributed by atoms with E-state index in [9.17, 15) is 14.4 Å². The molecule has 4 amide bonds.